The summed E-state index contributed by atoms with van der Waals surface area (Å²) in [6.45, 7) is 0.548. The third-order valence-corrected chi connectivity index (χ3v) is 2.82. The lowest BCUT2D eigenvalue weighted by atomic mass is 10.2. The molecule has 0 bridgehead atoms. The van der Waals surface area contributed by atoms with Crippen molar-refractivity contribution in [1.82, 2.24) is 5.32 Å². The van der Waals surface area contributed by atoms with Crippen LogP contribution in [0.25, 0.3) is 0 Å². The molecule has 88 valence electrons. The van der Waals surface area contributed by atoms with Crippen LogP contribution in [0, 0.1) is 5.82 Å². The zero-order valence-electron chi connectivity index (χ0n) is 8.60. The monoisotopic (exact) mass is 307 g/mol. The summed E-state index contributed by atoms with van der Waals surface area (Å²) in [5, 5.41) is 3.84. The highest BCUT2D eigenvalue weighted by Crippen LogP contribution is 2.14. The van der Waals surface area contributed by atoms with Crippen LogP contribution in [0.1, 0.15) is 23.2 Å². The van der Waals surface area contributed by atoms with Crippen LogP contribution >= 0.6 is 27.5 Å². The second-order valence-electron chi connectivity index (χ2n) is 3.28. The van der Waals surface area contributed by atoms with Gasteiger partial charge in [-0.25, -0.2) is 4.39 Å². The molecule has 1 aromatic carbocycles. The molecule has 0 unspecified atom stereocenters. The molecule has 1 aromatic rings. The lowest BCUT2D eigenvalue weighted by Gasteiger charge is -2.05. The lowest BCUT2D eigenvalue weighted by Crippen LogP contribution is -2.25. The highest BCUT2D eigenvalue weighted by molar-refractivity contribution is 9.09. The molecule has 0 saturated carbocycles. The van der Waals surface area contributed by atoms with Crippen LogP contribution in [0.5, 0.6) is 0 Å². The average molecular weight is 309 g/mol. The highest BCUT2D eigenvalue weighted by atomic mass is 79.9. The fraction of sp³-hybridized carbons (Fsp3) is 0.364. The van der Waals surface area contributed by atoms with Crippen LogP contribution in [0.4, 0.5) is 4.39 Å². The number of carbonyl (C=O) groups is 1. The van der Waals surface area contributed by atoms with Crippen molar-refractivity contribution in [1.29, 1.82) is 0 Å². The van der Waals surface area contributed by atoms with E-state index in [1.165, 1.54) is 12.1 Å². The third kappa shape index (κ3) is 4.10. The van der Waals surface area contributed by atoms with E-state index in [2.05, 4.69) is 21.2 Å². The van der Waals surface area contributed by atoms with Crippen molar-refractivity contribution in [3.63, 3.8) is 0 Å². The Morgan fingerprint density at radius 3 is 2.81 bits per heavy atom. The third-order valence-electron chi connectivity index (χ3n) is 2.02. The number of unbranched alkanes of at least 4 members (excludes halogenated alkanes) is 1. The van der Waals surface area contributed by atoms with Crippen molar-refractivity contribution in [3.8, 4) is 0 Å². The first-order valence-corrected chi connectivity index (χ1v) is 6.44. The van der Waals surface area contributed by atoms with Gasteiger partial charge in [0.2, 0.25) is 0 Å². The minimum Gasteiger partial charge on any atom is -0.352 e. The van der Waals surface area contributed by atoms with E-state index in [0.29, 0.717) is 6.54 Å². The van der Waals surface area contributed by atoms with E-state index >= 15 is 0 Å². The number of halogens is 3. The molecule has 0 atom stereocenters. The number of carbonyl (C=O) groups excluding carboxylic acids is 1. The van der Waals surface area contributed by atoms with Crippen LogP contribution in [0.3, 0.4) is 0 Å². The smallest absolute Gasteiger partial charge is 0.254 e. The van der Waals surface area contributed by atoms with Crippen molar-refractivity contribution < 1.29 is 9.18 Å². The molecule has 2 nitrogen and oxygen atoms in total. The summed E-state index contributed by atoms with van der Waals surface area (Å²) in [5.41, 5.74) is 0.0308. The predicted molar refractivity (Wildman–Crippen MR) is 66.8 cm³/mol. The first-order valence-electron chi connectivity index (χ1n) is 4.94. The van der Waals surface area contributed by atoms with Gasteiger partial charge in [0.05, 0.1) is 5.56 Å². The molecule has 0 aliphatic heterocycles. The SMILES string of the molecule is O=C(NCCCCBr)c1ccc(Cl)cc1F. The molecule has 1 amide bonds. The van der Waals surface area contributed by atoms with Gasteiger partial charge in [0, 0.05) is 16.9 Å². The quantitative estimate of drug-likeness (QED) is 0.656. The van der Waals surface area contributed by atoms with Gasteiger partial charge in [0.15, 0.2) is 0 Å². The van der Waals surface area contributed by atoms with E-state index in [1.807, 2.05) is 0 Å². The summed E-state index contributed by atoms with van der Waals surface area (Å²) < 4.78 is 13.3. The number of hydrogen-bond acceptors (Lipinski definition) is 1. The number of hydrogen-bond donors (Lipinski definition) is 1. The van der Waals surface area contributed by atoms with Gasteiger partial charge >= 0.3 is 0 Å². The Kier molecular flexibility index (Phi) is 5.77. The molecule has 0 aromatic heterocycles. The van der Waals surface area contributed by atoms with Crippen LogP contribution in [-0.4, -0.2) is 17.8 Å². The molecule has 0 aliphatic carbocycles. The second kappa shape index (κ2) is 6.86. The topological polar surface area (TPSA) is 29.1 Å². The Hall–Kier alpha value is -0.610. The molecular formula is C11H12BrClFNO. The van der Waals surface area contributed by atoms with E-state index in [-0.39, 0.29) is 10.6 Å². The van der Waals surface area contributed by atoms with E-state index in [9.17, 15) is 9.18 Å². The normalized spacial score (nSPS) is 10.2. The van der Waals surface area contributed by atoms with Gasteiger partial charge < -0.3 is 5.32 Å². The van der Waals surface area contributed by atoms with Crippen molar-refractivity contribution in [2.75, 3.05) is 11.9 Å². The van der Waals surface area contributed by atoms with Crippen LogP contribution in [0.2, 0.25) is 5.02 Å². The molecular weight excluding hydrogens is 296 g/mol. The summed E-state index contributed by atoms with van der Waals surface area (Å²) in [4.78, 5) is 11.5. The average Bonchev–Trinajstić information content (AvgIpc) is 2.24. The summed E-state index contributed by atoms with van der Waals surface area (Å²) >= 11 is 8.88. The largest absolute Gasteiger partial charge is 0.352 e. The fourth-order valence-electron chi connectivity index (χ4n) is 1.19. The van der Waals surface area contributed by atoms with Gasteiger partial charge in [0.25, 0.3) is 5.91 Å². The number of alkyl halides is 1. The zero-order valence-corrected chi connectivity index (χ0v) is 10.9. The molecule has 0 heterocycles. The van der Waals surface area contributed by atoms with Crippen molar-refractivity contribution >= 4 is 33.4 Å². The molecule has 0 radical (unpaired) electrons. The van der Waals surface area contributed by atoms with Crippen LogP contribution in [0.15, 0.2) is 18.2 Å². The molecule has 0 spiro atoms. The Bertz CT molecular complexity index is 373. The first-order chi connectivity index (χ1) is 7.65. The lowest BCUT2D eigenvalue weighted by molar-refractivity contribution is 0.0949. The van der Waals surface area contributed by atoms with E-state index in [0.717, 1.165) is 24.2 Å². The standard InChI is InChI=1S/C11H12BrClFNO/c12-5-1-2-6-15-11(16)9-4-3-8(13)7-10(9)14/h3-4,7H,1-2,5-6H2,(H,15,16). The fourth-order valence-corrected chi connectivity index (χ4v) is 1.75. The summed E-state index contributed by atoms with van der Waals surface area (Å²) in [7, 11) is 0. The Morgan fingerprint density at radius 1 is 1.44 bits per heavy atom. The predicted octanol–water partition coefficient (Wildman–Crippen LogP) is 3.38. The van der Waals surface area contributed by atoms with E-state index in [1.54, 1.807) is 0 Å². The molecule has 1 rings (SSSR count). The number of nitrogens with one attached hydrogen (secondary N) is 1. The number of benzene rings is 1. The Labute approximate surface area is 107 Å². The molecule has 0 fully saturated rings. The second-order valence-corrected chi connectivity index (χ2v) is 4.51. The number of rotatable bonds is 5. The number of amides is 1. The van der Waals surface area contributed by atoms with Crippen molar-refractivity contribution in [3.05, 3.63) is 34.6 Å². The summed E-state index contributed by atoms with van der Waals surface area (Å²) in [5.74, 6) is -0.991. The summed E-state index contributed by atoms with van der Waals surface area (Å²) in [6.07, 6.45) is 1.84. The van der Waals surface area contributed by atoms with Gasteiger partial charge in [-0.3, -0.25) is 4.79 Å². The van der Waals surface area contributed by atoms with Gasteiger partial charge in [-0.05, 0) is 31.0 Å². The molecule has 0 aliphatic rings. The van der Waals surface area contributed by atoms with Gasteiger partial charge in [-0.15, -0.1) is 0 Å². The Balaban J connectivity index is 2.53. The highest BCUT2D eigenvalue weighted by Gasteiger charge is 2.10. The zero-order chi connectivity index (χ0) is 12.0. The molecule has 16 heavy (non-hydrogen) atoms. The van der Waals surface area contributed by atoms with Crippen LogP contribution < -0.4 is 5.32 Å². The summed E-state index contributed by atoms with van der Waals surface area (Å²) in [6, 6.07) is 4.02. The minimum atomic E-state index is -0.592. The molecule has 1 N–H and O–H groups in total. The van der Waals surface area contributed by atoms with Crippen molar-refractivity contribution in [2.24, 2.45) is 0 Å². The maximum Gasteiger partial charge on any atom is 0.254 e. The maximum absolute atomic E-state index is 13.3. The first kappa shape index (κ1) is 13.5. The molecule has 5 heteroatoms. The maximum atomic E-state index is 13.3. The van der Waals surface area contributed by atoms with Gasteiger partial charge in [-0.2, -0.15) is 0 Å². The Morgan fingerprint density at radius 2 is 2.19 bits per heavy atom. The van der Waals surface area contributed by atoms with E-state index in [4.69, 9.17) is 11.6 Å². The minimum absolute atomic E-state index is 0.0308. The van der Waals surface area contributed by atoms with Crippen molar-refractivity contribution in [2.45, 2.75) is 12.8 Å². The van der Waals surface area contributed by atoms with Gasteiger partial charge in [0.1, 0.15) is 5.82 Å². The van der Waals surface area contributed by atoms with Crippen LogP contribution in [-0.2, 0) is 0 Å². The van der Waals surface area contributed by atoms with Gasteiger partial charge in [-0.1, -0.05) is 27.5 Å². The van der Waals surface area contributed by atoms with E-state index < -0.39 is 11.7 Å². The molecule has 0 saturated heterocycles.